The summed E-state index contributed by atoms with van der Waals surface area (Å²) in [7, 11) is 1.57. The molecule has 8 heteroatoms. The van der Waals surface area contributed by atoms with Gasteiger partial charge in [0, 0.05) is 18.7 Å². The second-order valence-electron chi connectivity index (χ2n) is 5.40. The van der Waals surface area contributed by atoms with Crippen LogP contribution >= 0.6 is 0 Å². The van der Waals surface area contributed by atoms with Crippen molar-refractivity contribution in [3.63, 3.8) is 0 Å². The lowest BCUT2D eigenvalue weighted by molar-refractivity contribution is -0.385. The zero-order valence-corrected chi connectivity index (χ0v) is 14.5. The fourth-order valence-corrected chi connectivity index (χ4v) is 2.22. The van der Waals surface area contributed by atoms with Gasteiger partial charge in [-0.3, -0.25) is 14.9 Å². The number of likely N-dealkylation sites (N-methyl/N-ethyl adjacent to an activating group) is 1. The first kappa shape index (κ1) is 19.2. The molecule has 0 N–H and O–H groups in total. The monoisotopic (exact) mass is 362 g/mol. The average Bonchev–Trinajstić information content (AvgIpc) is 2.63. The molecule has 0 saturated carbocycles. The molecule has 2 aromatic carbocycles. The second-order valence-corrected chi connectivity index (χ2v) is 5.40. The minimum Gasteiger partial charge on any atom is -0.492 e. The molecule has 2 aromatic rings. The van der Waals surface area contributed by atoms with Crippen LogP contribution in [0.2, 0.25) is 0 Å². The molecule has 7 nitrogen and oxygen atoms in total. The summed E-state index contributed by atoms with van der Waals surface area (Å²) in [4.78, 5) is 24.4. The minimum atomic E-state index is -0.584. The number of carbonyl (C=O) groups is 1. The number of amides is 1. The zero-order valence-electron chi connectivity index (χ0n) is 14.5. The lowest BCUT2D eigenvalue weighted by atomic mass is 10.1. The SMILES string of the molecule is CCOc1ccc(C(=O)N(C)CCOc2ccc(F)cc2)cc1[N+](=O)[O-]. The summed E-state index contributed by atoms with van der Waals surface area (Å²) < 4.78 is 23.5. The number of halogens is 1. The van der Waals surface area contributed by atoms with E-state index in [1.54, 1.807) is 14.0 Å². The fourth-order valence-electron chi connectivity index (χ4n) is 2.22. The minimum absolute atomic E-state index is 0.122. The number of nitro groups is 1. The number of benzene rings is 2. The maximum atomic E-state index is 12.8. The highest BCUT2D eigenvalue weighted by Gasteiger charge is 2.20. The molecule has 2 rings (SSSR count). The maximum Gasteiger partial charge on any atom is 0.311 e. The third-order valence-corrected chi connectivity index (χ3v) is 3.56. The van der Waals surface area contributed by atoms with E-state index in [2.05, 4.69) is 0 Å². The Kier molecular flexibility index (Phi) is 6.48. The lowest BCUT2D eigenvalue weighted by Gasteiger charge is -2.18. The maximum absolute atomic E-state index is 12.8. The molecule has 26 heavy (non-hydrogen) atoms. The van der Waals surface area contributed by atoms with Crippen molar-refractivity contribution in [1.29, 1.82) is 0 Å². The van der Waals surface area contributed by atoms with E-state index >= 15 is 0 Å². The van der Waals surface area contributed by atoms with Gasteiger partial charge in [-0.05, 0) is 43.3 Å². The number of nitro benzene ring substituents is 1. The fraction of sp³-hybridized carbons (Fsp3) is 0.278. The van der Waals surface area contributed by atoms with Crippen LogP contribution in [0.5, 0.6) is 11.5 Å². The molecular weight excluding hydrogens is 343 g/mol. The van der Waals surface area contributed by atoms with Crippen molar-refractivity contribution in [2.75, 3.05) is 26.8 Å². The predicted octanol–water partition coefficient (Wildman–Crippen LogP) is 3.28. The standard InChI is InChI=1S/C18H19FN2O5/c1-3-25-17-9-4-13(12-16(17)21(23)24)18(22)20(2)10-11-26-15-7-5-14(19)6-8-15/h4-9,12H,3,10-11H2,1-2H3. The Hall–Kier alpha value is -3.16. The Bertz CT molecular complexity index is 780. The summed E-state index contributed by atoms with van der Waals surface area (Å²) in [6.45, 7) is 2.47. The van der Waals surface area contributed by atoms with Crippen molar-refractivity contribution >= 4 is 11.6 Å². The van der Waals surface area contributed by atoms with E-state index in [0.29, 0.717) is 5.75 Å². The number of hydrogen-bond donors (Lipinski definition) is 0. The zero-order chi connectivity index (χ0) is 19.1. The summed E-state index contributed by atoms with van der Waals surface area (Å²) in [5.41, 5.74) is -0.0712. The van der Waals surface area contributed by atoms with Gasteiger partial charge in [0.2, 0.25) is 0 Å². The molecule has 0 aliphatic heterocycles. The Balaban J connectivity index is 1.99. The van der Waals surface area contributed by atoms with E-state index in [1.807, 2.05) is 0 Å². The molecule has 0 aromatic heterocycles. The Labute approximate surface area is 150 Å². The van der Waals surface area contributed by atoms with E-state index in [9.17, 15) is 19.3 Å². The van der Waals surface area contributed by atoms with Gasteiger partial charge in [-0.15, -0.1) is 0 Å². The van der Waals surface area contributed by atoms with Crippen molar-refractivity contribution in [1.82, 2.24) is 4.90 Å². The quantitative estimate of drug-likeness (QED) is 0.532. The number of carbonyl (C=O) groups excluding carboxylic acids is 1. The Morgan fingerprint density at radius 1 is 1.19 bits per heavy atom. The first-order chi connectivity index (χ1) is 12.4. The summed E-state index contributed by atoms with van der Waals surface area (Å²) in [5.74, 6) is -0.124. The largest absolute Gasteiger partial charge is 0.492 e. The molecule has 0 radical (unpaired) electrons. The van der Waals surface area contributed by atoms with Crippen LogP contribution in [0, 0.1) is 15.9 Å². The summed E-state index contributed by atoms with van der Waals surface area (Å²) in [5, 5.41) is 11.1. The van der Waals surface area contributed by atoms with Crippen LogP contribution < -0.4 is 9.47 Å². The van der Waals surface area contributed by atoms with Gasteiger partial charge < -0.3 is 14.4 Å². The molecule has 0 saturated heterocycles. The van der Waals surface area contributed by atoms with Crippen molar-refractivity contribution in [2.24, 2.45) is 0 Å². The molecule has 138 valence electrons. The van der Waals surface area contributed by atoms with Crippen molar-refractivity contribution in [3.05, 3.63) is 64.0 Å². The highest BCUT2D eigenvalue weighted by atomic mass is 19.1. The average molecular weight is 362 g/mol. The highest BCUT2D eigenvalue weighted by molar-refractivity contribution is 5.95. The van der Waals surface area contributed by atoms with Gasteiger partial charge in [-0.25, -0.2) is 4.39 Å². The van der Waals surface area contributed by atoms with Crippen molar-refractivity contribution in [3.8, 4) is 11.5 Å². The molecule has 0 heterocycles. The molecule has 1 amide bonds. The van der Waals surface area contributed by atoms with Gasteiger partial charge in [0.15, 0.2) is 5.75 Å². The van der Waals surface area contributed by atoms with Gasteiger partial charge in [0.1, 0.15) is 18.2 Å². The Morgan fingerprint density at radius 2 is 1.88 bits per heavy atom. The molecule has 0 fully saturated rings. The Morgan fingerprint density at radius 3 is 2.50 bits per heavy atom. The van der Waals surface area contributed by atoms with E-state index < -0.39 is 4.92 Å². The van der Waals surface area contributed by atoms with Crippen LogP contribution in [-0.2, 0) is 0 Å². The molecule has 0 atom stereocenters. The number of rotatable bonds is 8. The van der Waals surface area contributed by atoms with Crippen LogP contribution in [0.25, 0.3) is 0 Å². The number of nitrogens with zero attached hydrogens (tertiary/aromatic N) is 2. The lowest BCUT2D eigenvalue weighted by Crippen LogP contribution is -2.30. The third kappa shape index (κ3) is 4.92. The van der Waals surface area contributed by atoms with Gasteiger partial charge in [-0.2, -0.15) is 0 Å². The third-order valence-electron chi connectivity index (χ3n) is 3.56. The molecule has 0 aliphatic rings. The van der Waals surface area contributed by atoms with E-state index in [0.717, 1.165) is 0 Å². The number of ether oxygens (including phenoxy) is 2. The number of hydrogen-bond acceptors (Lipinski definition) is 5. The van der Waals surface area contributed by atoms with Crippen molar-refractivity contribution in [2.45, 2.75) is 6.92 Å². The molecule has 0 aliphatic carbocycles. The van der Waals surface area contributed by atoms with Gasteiger partial charge in [0.25, 0.3) is 5.91 Å². The smallest absolute Gasteiger partial charge is 0.311 e. The van der Waals surface area contributed by atoms with Crippen LogP contribution in [0.3, 0.4) is 0 Å². The van der Waals surface area contributed by atoms with Gasteiger partial charge in [-0.1, -0.05) is 0 Å². The first-order valence-electron chi connectivity index (χ1n) is 7.97. The van der Waals surface area contributed by atoms with Gasteiger partial charge in [0.05, 0.1) is 18.1 Å². The highest BCUT2D eigenvalue weighted by Crippen LogP contribution is 2.28. The van der Waals surface area contributed by atoms with E-state index in [4.69, 9.17) is 9.47 Å². The topological polar surface area (TPSA) is 81.9 Å². The predicted molar refractivity (Wildman–Crippen MR) is 93.1 cm³/mol. The first-order valence-corrected chi connectivity index (χ1v) is 7.97. The van der Waals surface area contributed by atoms with Crippen LogP contribution in [-0.4, -0.2) is 42.5 Å². The molecule has 0 spiro atoms. The summed E-state index contributed by atoms with van der Waals surface area (Å²) >= 11 is 0. The molecular formula is C18H19FN2O5. The second kappa shape index (κ2) is 8.80. The molecule has 0 bridgehead atoms. The van der Waals surface area contributed by atoms with Crippen LogP contribution in [0.15, 0.2) is 42.5 Å². The van der Waals surface area contributed by atoms with E-state index in [1.165, 1.54) is 47.4 Å². The summed E-state index contributed by atoms with van der Waals surface area (Å²) in [6.07, 6.45) is 0. The van der Waals surface area contributed by atoms with Crippen molar-refractivity contribution < 1.29 is 23.6 Å². The molecule has 0 unspecified atom stereocenters. The van der Waals surface area contributed by atoms with Gasteiger partial charge >= 0.3 is 5.69 Å². The summed E-state index contributed by atoms with van der Waals surface area (Å²) in [6, 6.07) is 9.65. The van der Waals surface area contributed by atoms with Crippen LogP contribution in [0.4, 0.5) is 10.1 Å². The van der Waals surface area contributed by atoms with E-state index in [-0.39, 0.29) is 48.5 Å². The normalized spacial score (nSPS) is 10.3. The van der Waals surface area contributed by atoms with Crippen LogP contribution in [0.1, 0.15) is 17.3 Å².